The summed E-state index contributed by atoms with van der Waals surface area (Å²) >= 11 is 0. The third kappa shape index (κ3) is 1.80. The fourth-order valence-electron chi connectivity index (χ4n) is 1.70. The molecular weight excluding hydrogens is 208 g/mol. The lowest BCUT2D eigenvalue weighted by atomic mass is 10.1. The molecule has 0 saturated carbocycles. The van der Waals surface area contributed by atoms with Crippen LogP contribution in [0.4, 0.5) is 0 Å². The minimum absolute atomic E-state index is 0.0897. The van der Waals surface area contributed by atoms with Crippen molar-refractivity contribution in [2.24, 2.45) is 5.92 Å². The standard InChI is InChI=1S/C11H14N2O3/c1-7(2)9-6-16-11(12-9)8-4-3-5-10(8)13(14)15/h3-5,7,9,12H,6H2,1-2H3/b11-8-/t9-/m0/s1. The third-order valence-electron chi connectivity index (χ3n) is 2.76. The fourth-order valence-corrected chi connectivity index (χ4v) is 1.70. The van der Waals surface area contributed by atoms with Gasteiger partial charge in [0.05, 0.1) is 11.0 Å². The molecule has 0 amide bonds. The number of nitrogens with one attached hydrogen (secondary N) is 1. The van der Waals surface area contributed by atoms with E-state index in [-0.39, 0.29) is 11.7 Å². The maximum absolute atomic E-state index is 10.8. The molecule has 0 radical (unpaired) electrons. The fraction of sp³-hybridized carbons (Fsp3) is 0.455. The molecule has 0 aromatic heterocycles. The highest BCUT2D eigenvalue weighted by Gasteiger charge is 2.30. The number of hydrogen-bond donors (Lipinski definition) is 1. The third-order valence-corrected chi connectivity index (χ3v) is 2.76. The largest absolute Gasteiger partial charge is 0.476 e. The summed E-state index contributed by atoms with van der Waals surface area (Å²) in [5, 5.41) is 13.9. The normalized spacial score (nSPS) is 27.9. The second-order valence-electron chi connectivity index (χ2n) is 4.22. The Balaban J connectivity index is 2.22. The van der Waals surface area contributed by atoms with Crippen molar-refractivity contribution in [3.63, 3.8) is 0 Å². The summed E-state index contributed by atoms with van der Waals surface area (Å²) < 4.78 is 5.46. The number of nitro groups is 1. The number of rotatable bonds is 2. The van der Waals surface area contributed by atoms with Crippen LogP contribution in [-0.2, 0) is 4.74 Å². The van der Waals surface area contributed by atoms with Gasteiger partial charge in [-0.15, -0.1) is 0 Å². The Labute approximate surface area is 93.6 Å². The molecule has 0 aromatic carbocycles. The van der Waals surface area contributed by atoms with Crippen LogP contribution in [0.3, 0.4) is 0 Å². The number of nitrogens with zero attached hydrogens (tertiary/aromatic N) is 1. The van der Waals surface area contributed by atoms with Gasteiger partial charge in [0, 0.05) is 6.08 Å². The van der Waals surface area contributed by atoms with Crippen LogP contribution in [0.5, 0.6) is 0 Å². The second-order valence-corrected chi connectivity index (χ2v) is 4.22. The molecule has 1 atom stereocenters. The first-order valence-corrected chi connectivity index (χ1v) is 5.26. The quantitative estimate of drug-likeness (QED) is 0.569. The minimum Gasteiger partial charge on any atom is -0.476 e. The van der Waals surface area contributed by atoms with Crippen LogP contribution in [0, 0.1) is 16.0 Å². The molecule has 0 aromatic rings. The highest BCUT2D eigenvalue weighted by atomic mass is 16.6. The molecule has 16 heavy (non-hydrogen) atoms. The van der Waals surface area contributed by atoms with Crippen molar-refractivity contribution >= 4 is 0 Å². The molecule has 1 fully saturated rings. The average molecular weight is 222 g/mol. The van der Waals surface area contributed by atoms with Crippen LogP contribution in [0.2, 0.25) is 0 Å². The molecule has 0 unspecified atom stereocenters. The van der Waals surface area contributed by atoms with Gasteiger partial charge in [-0.3, -0.25) is 10.1 Å². The van der Waals surface area contributed by atoms with Crippen LogP contribution in [0.25, 0.3) is 0 Å². The highest BCUT2D eigenvalue weighted by Crippen LogP contribution is 2.25. The average Bonchev–Trinajstić information content (AvgIpc) is 2.86. The van der Waals surface area contributed by atoms with Crippen molar-refractivity contribution in [1.29, 1.82) is 0 Å². The predicted molar refractivity (Wildman–Crippen MR) is 59.0 cm³/mol. The van der Waals surface area contributed by atoms with Gasteiger partial charge in [0.25, 0.3) is 5.70 Å². The first-order chi connectivity index (χ1) is 7.59. The van der Waals surface area contributed by atoms with E-state index < -0.39 is 4.92 Å². The Bertz CT molecular complexity index is 407. The highest BCUT2D eigenvalue weighted by molar-refractivity contribution is 5.46. The van der Waals surface area contributed by atoms with Crippen LogP contribution in [0.15, 0.2) is 35.4 Å². The van der Waals surface area contributed by atoms with Gasteiger partial charge < -0.3 is 10.1 Å². The molecule has 2 rings (SSSR count). The number of hydrogen-bond acceptors (Lipinski definition) is 4. The van der Waals surface area contributed by atoms with E-state index in [1.165, 1.54) is 6.08 Å². The van der Waals surface area contributed by atoms with Gasteiger partial charge in [-0.2, -0.15) is 0 Å². The summed E-state index contributed by atoms with van der Waals surface area (Å²) in [5.74, 6) is 0.960. The summed E-state index contributed by atoms with van der Waals surface area (Å²) in [6, 6.07) is 0.226. The van der Waals surface area contributed by atoms with E-state index in [0.29, 0.717) is 24.0 Å². The van der Waals surface area contributed by atoms with Gasteiger partial charge in [-0.05, 0) is 12.0 Å². The zero-order valence-electron chi connectivity index (χ0n) is 9.27. The van der Waals surface area contributed by atoms with Crippen molar-refractivity contribution in [3.8, 4) is 0 Å². The van der Waals surface area contributed by atoms with Gasteiger partial charge in [0.15, 0.2) is 0 Å². The van der Waals surface area contributed by atoms with Crippen LogP contribution < -0.4 is 5.32 Å². The molecule has 1 saturated heterocycles. The number of ether oxygens (including phenoxy) is 1. The maximum Gasteiger partial charge on any atom is 0.281 e. The Kier molecular flexibility index (Phi) is 2.68. The van der Waals surface area contributed by atoms with Gasteiger partial charge >= 0.3 is 0 Å². The van der Waals surface area contributed by atoms with E-state index in [1.54, 1.807) is 12.2 Å². The summed E-state index contributed by atoms with van der Waals surface area (Å²) in [4.78, 5) is 10.4. The lowest BCUT2D eigenvalue weighted by molar-refractivity contribution is -0.420. The van der Waals surface area contributed by atoms with Gasteiger partial charge in [0.1, 0.15) is 12.2 Å². The van der Waals surface area contributed by atoms with Gasteiger partial charge in [-0.1, -0.05) is 19.9 Å². The Morgan fingerprint density at radius 2 is 2.38 bits per heavy atom. The van der Waals surface area contributed by atoms with Crippen molar-refractivity contribution in [2.45, 2.75) is 19.9 Å². The molecule has 1 N–H and O–H groups in total. The molecule has 86 valence electrons. The Hall–Kier alpha value is -1.78. The SMILES string of the molecule is CC(C)[C@@H]1CO/C(=C2/C=CC=C2[N+](=O)[O-])N1. The molecule has 1 aliphatic heterocycles. The van der Waals surface area contributed by atoms with Crippen LogP contribution >= 0.6 is 0 Å². The zero-order valence-corrected chi connectivity index (χ0v) is 9.27. The summed E-state index contributed by atoms with van der Waals surface area (Å²) in [7, 11) is 0. The molecule has 0 spiro atoms. The van der Waals surface area contributed by atoms with E-state index >= 15 is 0 Å². The molecular formula is C11H14N2O3. The molecule has 5 heteroatoms. The van der Waals surface area contributed by atoms with Gasteiger partial charge in [0.2, 0.25) is 5.88 Å². The van der Waals surface area contributed by atoms with Gasteiger partial charge in [-0.25, -0.2) is 0 Å². The van der Waals surface area contributed by atoms with E-state index in [4.69, 9.17) is 4.74 Å². The molecule has 1 heterocycles. The Morgan fingerprint density at radius 3 is 2.94 bits per heavy atom. The van der Waals surface area contributed by atoms with Crippen molar-refractivity contribution < 1.29 is 9.66 Å². The maximum atomic E-state index is 10.8. The minimum atomic E-state index is -0.393. The van der Waals surface area contributed by atoms with Crippen LogP contribution in [-0.4, -0.2) is 17.6 Å². The van der Waals surface area contributed by atoms with E-state index in [0.717, 1.165) is 0 Å². The van der Waals surface area contributed by atoms with E-state index in [9.17, 15) is 10.1 Å². The Morgan fingerprint density at radius 1 is 1.62 bits per heavy atom. The van der Waals surface area contributed by atoms with Crippen molar-refractivity contribution in [1.82, 2.24) is 5.32 Å². The summed E-state index contributed by atoms with van der Waals surface area (Å²) in [6.45, 7) is 4.74. The van der Waals surface area contributed by atoms with Crippen molar-refractivity contribution in [3.05, 3.63) is 45.5 Å². The monoisotopic (exact) mass is 222 g/mol. The molecule has 2 aliphatic rings. The lowest BCUT2D eigenvalue weighted by Crippen LogP contribution is -2.28. The summed E-state index contributed by atoms with van der Waals surface area (Å²) in [5.41, 5.74) is 0.625. The number of allylic oxidation sites excluding steroid dienone is 3. The predicted octanol–water partition coefficient (Wildman–Crippen LogP) is 1.57. The molecule has 0 bridgehead atoms. The molecule has 5 nitrogen and oxygen atoms in total. The lowest BCUT2D eigenvalue weighted by Gasteiger charge is -2.11. The van der Waals surface area contributed by atoms with Crippen LogP contribution in [0.1, 0.15) is 13.8 Å². The topological polar surface area (TPSA) is 64.4 Å². The molecule has 1 aliphatic carbocycles. The first-order valence-electron chi connectivity index (χ1n) is 5.26. The first kappa shape index (κ1) is 10.7. The van der Waals surface area contributed by atoms with E-state index in [2.05, 4.69) is 19.2 Å². The summed E-state index contributed by atoms with van der Waals surface area (Å²) in [6.07, 6.45) is 4.84. The van der Waals surface area contributed by atoms with E-state index in [1.807, 2.05) is 0 Å². The second kappa shape index (κ2) is 4.00. The zero-order chi connectivity index (χ0) is 11.7. The van der Waals surface area contributed by atoms with Crippen molar-refractivity contribution in [2.75, 3.05) is 6.61 Å². The smallest absolute Gasteiger partial charge is 0.281 e.